The predicted octanol–water partition coefficient (Wildman–Crippen LogP) is 15.1. The molecule has 0 atom stereocenters. The molecule has 15 rings (SSSR count). The summed E-state index contributed by atoms with van der Waals surface area (Å²) in [5.41, 5.74) is 9.06. The van der Waals surface area contributed by atoms with E-state index in [1.165, 1.54) is 134 Å². The number of anilines is 6. The molecule has 0 bridgehead atoms. The smallest absolute Gasteiger partial charge is 0.256 e. The van der Waals surface area contributed by atoms with Crippen LogP contribution in [0, 0.1) is 0 Å². The molecular formula is C58H33BN2S2. The lowest BCUT2D eigenvalue weighted by Gasteiger charge is -2.42. The van der Waals surface area contributed by atoms with E-state index in [0.29, 0.717) is 0 Å². The summed E-state index contributed by atoms with van der Waals surface area (Å²) in [4.78, 5) is 5.28. The van der Waals surface area contributed by atoms with E-state index in [1.807, 2.05) is 22.7 Å². The molecule has 0 amide bonds. The fourth-order valence-electron chi connectivity index (χ4n) is 11.6. The average Bonchev–Trinajstić information content (AvgIpc) is 3.93. The molecule has 0 radical (unpaired) electrons. The molecule has 2 aromatic heterocycles. The summed E-state index contributed by atoms with van der Waals surface area (Å²) < 4.78 is 2.63. The third-order valence-corrected chi connectivity index (χ3v) is 16.4. The van der Waals surface area contributed by atoms with Gasteiger partial charge in [0.2, 0.25) is 0 Å². The Morgan fingerprint density at radius 3 is 0.937 bits per heavy atom. The Bertz CT molecular complexity index is 3790. The number of nitrogens with zero attached hydrogens (tertiary/aromatic N) is 2. The Morgan fingerprint density at radius 1 is 0.254 bits per heavy atom. The minimum atomic E-state index is 0.0288. The van der Waals surface area contributed by atoms with E-state index in [2.05, 4.69) is 210 Å². The minimum Gasteiger partial charge on any atom is -0.302 e. The van der Waals surface area contributed by atoms with Gasteiger partial charge in [0.25, 0.3) is 6.71 Å². The first-order chi connectivity index (χ1) is 31.3. The van der Waals surface area contributed by atoms with E-state index < -0.39 is 0 Å². The molecule has 0 aliphatic carbocycles. The molecule has 0 saturated heterocycles. The predicted molar refractivity (Wildman–Crippen MR) is 276 cm³/mol. The third-order valence-electron chi connectivity index (χ3n) is 14.0. The fraction of sp³-hybridized carbons (Fsp3) is 0. The van der Waals surface area contributed by atoms with Crippen molar-refractivity contribution in [2.24, 2.45) is 0 Å². The molecule has 11 aromatic carbocycles. The number of thiophene rings is 2. The molecule has 2 nitrogen and oxygen atoms in total. The summed E-state index contributed by atoms with van der Waals surface area (Å²) in [5.74, 6) is 0. The lowest BCUT2D eigenvalue weighted by molar-refractivity contribution is 1.30. The van der Waals surface area contributed by atoms with Crippen molar-refractivity contribution in [1.29, 1.82) is 0 Å². The first kappa shape index (κ1) is 34.2. The highest BCUT2D eigenvalue weighted by atomic mass is 32.1. The molecule has 5 heteroatoms. The Kier molecular flexibility index (Phi) is 6.83. The number of fused-ring (bicyclic) bond motifs is 20. The largest absolute Gasteiger partial charge is 0.302 e. The molecule has 2 aliphatic rings. The van der Waals surface area contributed by atoms with Gasteiger partial charge in [0.15, 0.2) is 0 Å². The van der Waals surface area contributed by atoms with E-state index in [1.54, 1.807) is 0 Å². The van der Waals surface area contributed by atoms with Gasteiger partial charge in [0.1, 0.15) is 0 Å². The number of hydrogen-bond donors (Lipinski definition) is 0. The zero-order valence-electron chi connectivity index (χ0n) is 33.8. The van der Waals surface area contributed by atoms with Crippen LogP contribution in [0.25, 0.3) is 84.8 Å². The molecule has 0 unspecified atom stereocenters. The summed E-state index contributed by atoms with van der Waals surface area (Å²) in [7, 11) is 0. The molecule has 0 saturated carbocycles. The maximum absolute atomic E-state index is 2.64. The molecule has 0 N–H and O–H groups in total. The quantitative estimate of drug-likeness (QED) is 0.126. The molecule has 0 fully saturated rings. The zero-order chi connectivity index (χ0) is 40.9. The number of rotatable bonds is 2. The van der Waals surface area contributed by atoms with E-state index >= 15 is 0 Å². The van der Waals surface area contributed by atoms with E-state index in [4.69, 9.17) is 0 Å². The van der Waals surface area contributed by atoms with Gasteiger partial charge in [0, 0.05) is 31.5 Å². The third kappa shape index (κ3) is 4.43. The van der Waals surface area contributed by atoms with Gasteiger partial charge in [-0.1, -0.05) is 164 Å². The van der Waals surface area contributed by atoms with Crippen LogP contribution in [0.2, 0.25) is 0 Å². The minimum absolute atomic E-state index is 0.0288. The van der Waals surface area contributed by atoms with Gasteiger partial charge in [-0.25, -0.2) is 0 Å². The van der Waals surface area contributed by atoms with E-state index in [0.717, 1.165) is 0 Å². The van der Waals surface area contributed by atoms with Crippen molar-refractivity contribution in [3.8, 4) is 0 Å². The van der Waals surface area contributed by atoms with E-state index in [-0.39, 0.29) is 6.71 Å². The van der Waals surface area contributed by atoms with Gasteiger partial charge in [-0.15, -0.1) is 22.7 Å². The Morgan fingerprint density at radius 2 is 0.540 bits per heavy atom. The normalized spacial score (nSPS) is 13.3. The van der Waals surface area contributed by atoms with Gasteiger partial charge < -0.3 is 9.80 Å². The number of benzene rings is 11. The van der Waals surface area contributed by atoms with Crippen molar-refractivity contribution in [2.45, 2.75) is 0 Å². The van der Waals surface area contributed by atoms with Gasteiger partial charge in [-0.05, 0) is 117 Å². The first-order valence-corrected chi connectivity index (χ1v) is 23.4. The van der Waals surface area contributed by atoms with Crippen molar-refractivity contribution < 1.29 is 0 Å². The van der Waals surface area contributed by atoms with Crippen LogP contribution in [-0.2, 0) is 0 Å². The molecule has 2 aliphatic heterocycles. The van der Waals surface area contributed by atoms with Gasteiger partial charge in [-0.3, -0.25) is 0 Å². The van der Waals surface area contributed by atoms with Crippen LogP contribution in [0.15, 0.2) is 200 Å². The Balaban J connectivity index is 1.11. The van der Waals surface area contributed by atoms with Crippen LogP contribution < -0.4 is 26.2 Å². The lowest BCUT2D eigenvalue weighted by atomic mass is 9.33. The first-order valence-electron chi connectivity index (χ1n) is 21.7. The monoisotopic (exact) mass is 832 g/mol. The second-order valence-corrected chi connectivity index (χ2v) is 19.1. The van der Waals surface area contributed by atoms with Crippen molar-refractivity contribution >= 4 is 163 Å². The molecule has 290 valence electrons. The van der Waals surface area contributed by atoms with Crippen molar-refractivity contribution in [3.05, 3.63) is 200 Å². The zero-order valence-corrected chi connectivity index (χ0v) is 35.5. The van der Waals surface area contributed by atoms with Crippen LogP contribution in [0.3, 0.4) is 0 Å². The molecule has 13 aromatic rings. The highest BCUT2D eigenvalue weighted by molar-refractivity contribution is 7.29. The van der Waals surface area contributed by atoms with E-state index in [9.17, 15) is 0 Å². The maximum atomic E-state index is 2.64. The Labute approximate surface area is 371 Å². The van der Waals surface area contributed by atoms with Gasteiger partial charge in [-0.2, -0.15) is 0 Å². The summed E-state index contributed by atoms with van der Waals surface area (Å²) in [6, 6.07) is 75.1. The summed E-state index contributed by atoms with van der Waals surface area (Å²) in [6.07, 6.45) is 0. The van der Waals surface area contributed by atoms with Crippen molar-refractivity contribution in [1.82, 2.24) is 0 Å². The van der Waals surface area contributed by atoms with Crippen LogP contribution in [-0.4, -0.2) is 6.71 Å². The van der Waals surface area contributed by atoms with Crippen LogP contribution >= 0.6 is 22.7 Å². The SMILES string of the molecule is c1cc2c3c(c1)N(c1cccc4c5ccccc5c5ccccc5c14)c1sc4ccccc4c1B3c1c(sc3ccccc13)N2c1cccc2c3ccccc3c3ccccc3c12. The topological polar surface area (TPSA) is 6.48 Å². The van der Waals surface area contributed by atoms with Crippen LogP contribution in [0.5, 0.6) is 0 Å². The maximum Gasteiger partial charge on any atom is 0.256 e. The van der Waals surface area contributed by atoms with Crippen molar-refractivity contribution in [3.63, 3.8) is 0 Å². The standard InChI is InChI=1S/C58H33BN2S2/c1-3-18-38-34(16-1)36-20-5-7-22-40(36)52-42(38)26-13-28-46(52)60-48-30-15-31-49-56(48)59(54-44-24-9-11-32-50(44)62-57(54)60)55-45-25-10-12-33-51(45)63-58(55)61(49)47-29-14-27-43-39-19-4-2-17-35(39)37-21-6-8-23-41(37)53(43)47/h1-33H. The molecular weight excluding hydrogens is 800 g/mol. The van der Waals surface area contributed by atoms with Gasteiger partial charge in [0.05, 0.1) is 21.4 Å². The lowest BCUT2D eigenvalue weighted by Crippen LogP contribution is -2.60. The highest BCUT2D eigenvalue weighted by Gasteiger charge is 2.47. The van der Waals surface area contributed by atoms with Crippen molar-refractivity contribution in [2.75, 3.05) is 9.80 Å². The second-order valence-electron chi connectivity index (χ2n) is 17.0. The molecule has 63 heavy (non-hydrogen) atoms. The number of hydrogen-bond acceptors (Lipinski definition) is 4. The second kappa shape index (κ2) is 12.6. The van der Waals surface area contributed by atoms with Crippen LogP contribution in [0.1, 0.15) is 0 Å². The van der Waals surface area contributed by atoms with Crippen LogP contribution in [0.4, 0.5) is 32.8 Å². The summed E-state index contributed by atoms with van der Waals surface area (Å²) in [5, 5.41) is 20.7. The summed E-state index contributed by atoms with van der Waals surface area (Å²) in [6.45, 7) is 0.0288. The highest BCUT2D eigenvalue weighted by Crippen LogP contribution is 2.53. The summed E-state index contributed by atoms with van der Waals surface area (Å²) >= 11 is 3.87. The van der Waals surface area contributed by atoms with Gasteiger partial charge >= 0.3 is 0 Å². The molecule has 0 spiro atoms. The average molecular weight is 833 g/mol. The Hall–Kier alpha value is -7.44. The fourth-order valence-corrected chi connectivity index (χ4v) is 14.1. The molecule has 4 heterocycles.